The van der Waals surface area contributed by atoms with Gasteiger partial charge in [0.2, 0.25) is 5.91 Å². The van der Waals surface area contributed by atoms with Gasteiger partial charge in [-0.15, -0.1) is 11.6 Å². The van der Waals surface area contributed by atoms with E-state index in [1.807, 2.05) is 0 Å². The maximum Gasteiger partial charge on any atom is 0.225 e. The molecule has 5 unspecified atom stereocenters. The average Bonchev–Trinajstić information content (AvgIpc) is 2.64. The van der Waals surface area contributed by atoms with Crippen molar-refractivity contribution in [1.29, 1.82) is 0 Å². The number of likely N-dealkylation sites (tertiary alicyclic amines) is 1. The Balaban J connectivity index is 1.61. The van der Waals surface area contributed by atoms with Gasteiger partial charge < -0.3 is 10.2 Å². The molecule has 1 aromatic rings. The number of nitrogens with zero attached hydrogens (tertiary/aromatic N) is 1. The Morgan fingerprint density at radius 1 is 1.08 bits per heavy atom. The van der Waals surface area contributed by atoms with Gasteiger partial charge in [0.25, 0.3) is 0 Å². The summed E-state index contributed by atoms with van der Waals surface area (Å²) in [6, 6.07) is 11.0. The third-order valence-electron chi connectivity index (χ3n) is 6.49. The summed E-state index contributed by atoms with van der Waals surface area (Å²) in [5, 5.41) is 3.54. The van der Waals surface area contributed by atoms with Crippen molar-refractivity contribution in [3.8, 4) is 0 Å². The number of halogens is 1. The van der Waals surface area contributed by atoms with Crippen LogP contribution in [0, 0.1) is 11.8 Å². The van der Waals surface area contributed by atoms with Crippen LogP contribution < -0.4 is 5.32 Å². The lowest BCUT2D eigenvalue weighted by atomic mass is 9.65. The summed E-state index contributed by atoms with van der Waals surface area (Å²) in [5.41, 5.74) is 1.34. The van der Waals surface area contributed by atoms with Gasteiger partial charge in [-0.05, 0) is 56.7 Å². The van der Waals surface area contributed by atoms with Gasteiger partial charge in [-0.1, -0.05) is 36.8 Å². The molecular formula is C21H29ClN2O. The molecule has 0 radical (unpaired) electrons. The van der Waals surface area contributed by atoms with Gasteiger partial charge in [0.05, 0.1) is 5.92 Å². The molecule has 3 nitrogen and oxygen atoms in total. The highest BCUT2D eigenvalue weighted by Gasteiger charge is 2.47. The second kappa shape index (κ2) is 7.67. The molecule has 4 rings (SSSR count). The number of nitrogens with one attached hydrogen (secondary N) is 1. The third kappa shape index (κ3) is 3.73. The first-order chi connectivity index (χ1) is 12.2. The molecule has 1 N–H and O–H groups in total. The maximum absolute atomic E-state index is 13.0. The number of rotatable bonds is 3. The van der Waals surface area contributed by atoms with Crippen molar-refractivity contribution in [1.82, 2.24) is 10.2 Å². The second-order valence-electron chi connectivity index (χ2n) is 8.09. The zero-order valence-corrected chi connectivity index (χ0v) is 15.6. The Bertz CT molecular complexity index is 587. The molecule has 2 saturated heterocycles. The predicted molar refractivity (Wildman–Crippen MR) is 102 cm³/mol. The summed E-state index contributed by atoms with van der Waals surface area (Å²) in [6.07, 6.45) is 6.97. The number of hydrogen-bond acceptors (Lipinski definition) is 2. The van der Waals surface area contributed by atoms with Gasteiger partial charge in [0.15, 0.2) is 0 Å². The first kappa shape index (κ1) is 17.4. The molecule has 0 aromatic heterocycles. The first-order valence-corrected chi connectivity index (χ1v) is 10.4. The summed E-state index contributed by atoms with van der Waals surface area (Å²) >= 11 is 6.41. The molecule has 4 heteroatoms. The minimum absolute atomic E-state index is 0.0635. The van der Waals surface area contributed by atoms with E-state index in [1.165, 1.54) is 24.8 Å². The van der Waals surface area contributed by atoms with Crippen LogP contribution in [0.3, 0.4) is 0 Å². The fourth-order valence-electron chi connectivity index (χ4n) is 5.26. The predicted octanol–water partition coefficient (Wildman–Crippen LogP) is 3.78. The SMILES string of the molecule is O=C1NC2CC(Cl)CCC2C(c2ccccc2)C1CN1CCCCC1. The number of carbonyl (C=O) groups is 1. The Hall–Kier alpha value is -1.06. The van der Waals surface area contributed by atoms with Crippen LogP contribution in [0.25, 0.3) is 0 Å². The van der Waals surface area contributed by atoms with Gasteiger partial charge in [-0.2, -0.15) is 0 Å². The lowest BCUT2D eigenvalue weighted by Crippen LogP contribution is -2.58. The number of amides is 1. The van der Waals surface area contributed by atoms with E-state index in [2.05, 4.69) is 40.5 Å². The number of benzene rings is 1. The molecule has 0 bridgehead atoms. The molecule has 3 aliphatic rings. The topological polar surface area (TPSA) is 32.3 Å². The van der Waals surface area contributed by atoms with Crippen LogP contribution in [0.15, 0.2) is 30.3 Å². The van der Waals surface area contributed by atoms with Crippen LogP contribution in [0.2, 0.25) is 0 Å². The van der Waals surface area contributed by atoms with Crippen LogP contribution in [0.1, 0.15) is 50.0 Å². The highest BCUT2D eigenvalue weighted by molar-refractivity contribution is 6.20. The van der Waals surface area contributed by atoms with Crippen LogP contribution in [0.4, 0.5) is 0 Å². The minimum atomic E-state index is 0.0635. The molecule has 1 aromatic carbocycles. The van der Waals surface area contributed by atoms with Crippen LogP contribution >= 0.6 is 11.6 Å². The molecule has 5 atom stereocenters. The van der Waals surface area contributed by atoms with E-state index in [9.17, 15) is 4.79 Å². The van der Waals surface area contributed by atoms with Crippen molar-refractivity contribution in [2.24, 2.45) is 11.8 Å². The zero-order valence-electron chi connectivity index (χ0n) is 14.9. The normalized spacial score (nSPS) is 36.5. The van der Waals surface area contributed by atoms with Gasteiger partial charge >= 0.3 is 0 Å². The second-order valence-corrected chi connectivity index (χ2v) is 8.71. The van der Waals surface area contributed by atoms with Gasteiger partial charge in [-0.3, -0.25) is 4.79 Å². The Kier molecular flexibility index (Phi) is 5.33. The van der Waals surface area contributed by atoms with Gasteiger partial charge in [-0.25, -0.2) is 0 Å². The molecular weight excluding hydrogens is 332 g/mol. The Morgan fingerprint density at radius 2 is 1.84 bits per heavy atom. The highest BCUT2D eigenvalue weighted by atomic mass is 35.5. The van der Waals surface area contributed by atoms with Crippen molar-refractivity contribution in [3.63, 3.8) is 0 Å². The van der Waals surface area contributed by atoms with E-state index >= 15 is 0 Å². The summed E-state index contributed by atoms with van der Waals surface area (Å²) in [5.74, 6) is 1.15. The number of carbonyl (C=O) groups excluding carboxylic acids is 1. The monoisotopic (exact) mass is 360 g/mol. The van der Waals surface area contributed by atoms with E-state index < -0.39 is 0 Å². The molecule has 2 aliphatic heterocycles. The minimum Gasteiger partial charge on any atom is -0.353 e. The third-order valence-corrected chi connectivity index (χ3v) is 6.88. The standard InChI is InChI=1S/C21H29ClN2O/c22-16-9-10-17-19(13-16)23-21(25)18(14-24-11-5-2-6-12-24)20(17)15-7-3-1-4-8-15/h1,3-4,7-8,16-20H,2,5-6,9-14H2,(H,23,25). The Morgan fingerprint density at radius 3 is 2.60 bits per heavy atom. The van der Waals surface area contributed by atoms with Crippen LogP contribution in [0.5, 0.6) is 0 Å². The number of hydrogen-bond donors (Lipinski definition) is 1. The van der Waals surface area contributed by atoms with E-state index in [1.54, 1.807) is 0 Å². The van der Waals surface area contributed by atoms with Crippen LogP contribution in [-0.2, 0) is 4.79 Å². The quantitative estimate of drug-likeness (QED) is 0.832. The van der Waals surface area contributed by atoms with E-state index in [0.29, 0.717) is 11.8 Å². The Labute approximate surface area is 156 Å². The highest BCUT2D eigenvalue weighted by Crippen LogP contribution is 2.45. The molecule has 1 amide bonds. The summed E-state index contributed by atoms with van der Waals surface area (Å²) in [6.45, 7) is 3.19. The lowest BCUT2D eigenvalue weighted by molar-refractivity contribution is -0.132. The summed E-state index contributed by atoms with van der Waals surface area (Å²) in [7, 11) is 0. The molecule has 25 heavy (non-hydrogen) atoms. The van der Waals surface area contributed by atoms with Crippen molar-refractivity contribution in [2.75, 3.05) is 19.6 Å². The molecule has 0 spiro atoms. The number of piperidine rings is 2. The van der Waals surface area contributed by atoms with E-state index in [4.69, 9.17) is 11.6 Å². The van der Waals surface area contributed by atoms with Crippen molar-refractivity contribution >= 4 is 17.5 Å². The lowest BCUT2D eigenvalue weighted by Gasteiger charge is -2.48. The van der Waals surface area contributed by atoms with Crippen molar-refractivity contribution < 1.29 is 4.79 Å². The molecule has 1 aliphatic carbocycles. The molecule has 1 saturated carbocycles. The van der Waals surface area contributed by atoms with E-state index in [0.717, 1.165) is 38.9 Å². The van der Waals surface area contributed by atoms with Gasteiger partial charge in [0.1, 0.15) is 0 Å². The number of alkyl halides is 1. The maximum atomic E-state index is 13.0. The van der Waals surface area contributed by atoms with E-state index in [-0.39, 0.29) is 23.2 Å². The number of fused-ring (bicyclic) bond motifs is 1. The largest absolute Gasteiger partial charge is 0.353 e. The molecule has 136 valence electrons. The summed E-state index contributed by atoms with van der Waals surface area (Å²) in [4.78, 5) is 15.5. The molecule has 2 heterocycles. The molecule has 3 fully saturated rings. The fraction of sp³-hybridized carbons (Fsp3) is 0.667. The van der Waals surface area contributed by atoms with Crippen molar-refractivity contribution in [2.45, 2.75) is 55.9 Å². The fourth-order valence-corrected chi connectivity index (χ4v) is 5.58. The zero-order chi connectivity index (χ0) is 17.2. The van der Waals surface area contributed by atoms with Crippen molar-refractivity contribution in [3.05, 3.63) is 35.9 Å². The first-order valence-electron chi connectivity index (χ1n) is 9.94. The summed E-state index contributed by atoms with van der Waals surface area (Å²) < 4.78 is 0. The smallest absolute Gasteiger partial charge is 0.225 e. The average molecular weight is 361 g/mol. The van der Waals surface area contributed by atoms with Crippen LogP contribution in [-0.4, -0.2) is 41.9 Å². The van der Waals surface area contributed by atoms with Gasteiger partial charge in [0, 0.05) is 23.9 Å².